The van der Waals surface area contributed by atoms with E-state index in [4.69, 9.17) is 28.7 Å². The highest BCUT2D eigenvalue weighted by Crippen LogP contribution is 2.40. The smallest absolute Gasteiger partial charge is 0.170 e. The Hall–Kier alpha value is -3.03. The van der Waals surface area contributed by atoms with Crippen molar-refractivity contribution in [3.63, 3.8) is 0 Å². The first-order valence-electron chi connectivity index (χ1n) is 10.8. The molecule has 0 N–H and O–H groups in total. The monoisotopic (exact) mass is 438 g/mol. The second-order valence-electron chi connectivity index (χ2n) is 7.69. The van der Waals surface area contributed by atoms with E-state index in [-0.39, 0.29) is 0 Å². The number of methoxy groups -OCH3 is 3. The van der Waals surface area contributed by atoms with Gasteiger partial charge in [0, 0.05) is 36.7 Å². The van der Waals surface area contributed by atoms with E-state index in [0.717, 1.165) is 60.6 Å². The molecule has 32 heavy (non-hydrogen) atoms. The summed E-state index contributed by atoms with van der Waals surface area (Å²) in [4.78, 5) is 7.27. The molecule has 0 bridgehead atoms. The van der Waals surface area contributed by atoms with Crippen LogP contribution in [0.5, 0.6) is 23.0 Å². The van der Waals surface area contributed by atoms with E-state index in [0.29, 0.717) is 29.6 Å². The number of pyridine rings is 1. The summed E-state index contributed by atoms with van der Waals surface area (Å²) in [5.41, 5.74) is 3.64. The fraction of sp³-hybridized carbons (Fsp3) is 0.400. The van der Waals surface area contributed by atoms with Gasteiger partial charge < -0.3 is 23.7 Å². The third-order valence-corrected chi connectivity index (χ3v) is 5.75. The quantitative estimate of drug-likeness (QED) is 0.528. The summed E-state index contributed by atoms with van der Waals surface area (Å²) < 4.78 is 28.2. The van der Waals surface area contributed by atoms with Gasteiger partial charge in [-0.1, -0.05) is 6.07 Å². The largest absolute Gasteiger partial charge is 0.493 e. The van der Waals surface area contributed by atoms with Crippen LogP contribution in [0, 0.1) is 6.92 Å². The van der Waals surface area contributed by atoms with Crippen LogP contribution in [0.3, 0.4) is 0 Å². The third-order valence-electron chi connectivity index (χ3n) is 5.75. The van der Waals surface area contributed by atoms with Gasteiger partial charge in [0.15, 0.2) is 23.0 Å². The van der Waals surface area contributed by atoms with Gasteiger partial charge in [-0.3, -0.25) is 4.90 Å². The maximum Gasteiger partial charge on any atom is 0.170 e. The molecular weight excluding hydrogens is 408 g/mol. The second kappa shape index (κ2) is 10.1. The summed E-state index contributed by atoms with van der Waals surface area (Å²) in [6, 6.07) is 11.8. The number of fused-ring (bicyclic) bond motifs is 1. The highest BCUT2D eigenvalue weighted by Gasteiger charge is 2.17. The fourth-order valence-corrected chi connectivity index (χ4v) is 3.99. The van der Waals surface area contributed by atoms with Gasteiger partial charge >= 0.3 is 0 Å². The van der Waals surface area contributed by atoms with Crippen LogP contribution < -0.4 is 18.9 Å². The lowest BCUT2D eigenvalue weighted by Crippen LogP contribution is -2.38. The Morgan fingerprint density at radius 1 is 0.938 bits per heavy atom. The SMILES string of the molecule is COc1cc2nc(-c3cccc(OC)c3OCCN3CCOCC3)cc(C)c2cc1OC. The molecule has 1 aliphatic heterocycles. The second-order valence-corrected chi connectivity index (χ2v) is 7.69. The molecule has 7 nitrogen and oxygen atoms in total. The van der Waals surface area contributed by atoms with Gasteiger partial charge in [0.2, 0.25) is 0 Å². The Labute approximate surface area is 188 Å². The minimum absolute atomic E-state index is 0.560. The molecule has 1 aliphatic rings. The number of nitrogens with zero attached hydrogens (tertiary/aromatic N) is 2. The van der Waals surface area contributed by atoms with Gasteiger partial charge in [-0.05, 0) is 36.8 Å². The first kappa shape index (κ1) is 22.2. The summed E-state index contributed by atoms with van der Waals surface area (Å²) in [6.45, 7) is 6.87. The fourth-order valence-electron chi connectivity index (χ4n) is 3.99. The van der Waals surface area contributed by atoms with Crippen LogP contribution in [0.2, 0.25) is 0 Å². The van der Waals surface area contributed by atoms with Gasteiger partial charge in [0.05, 0.1) is 45.8 Å². The highest BCUT2D eigenvalue weighted by atomic mass is 16.5. The Kier molecular flexibility index (Phi) is 6.97. The average molecular weight is 439 g/mol. The summed E-state index contributed by atoms with van der Waals surface area (Å²) >= 11 is 0. The molecular formula is C25H30N2O5. The van der Waals surface area contributed by atoms with E-state index >= 15 is 0 Å². The van der Waals surface area contributed by atoms with E-state index < -0.39 is 0 Å². The predicted molar refractivity (Wildman–Crippen MR) is 124 cm³/mol. The summed E-state index contributed by atoms with van der Waals surface area (Å²) in [5.74, 6) is 2.73. The number of para-hydroxylation sites is 1. The van der Waals surface area contributed by atoms with Crippen LogP contribution in [0.1, 0.15) is 5.56 Å². The van der Waals surface area contributed by atoms with Crippen LogP contribution in [-0.4, -0.2) is 70.7 Å². The van der Waals surface area contributed by atoms with Crippen LogP contribution in [0.4, 0.5) is 0 Å². The number of rotatable bonds is 8. The van der Waals surface area contributed by atoms with Gasteiger partial charge in [-0.25, -0.2) is 4.98 Å². The van der Waals surface area contributed by atoms with Crippen LogP contribution in [0.25, 0.3) is 22.2 Å². The van der Waals surface area contributed by atoms with E-state index in [2.05, 4.69) is 17.9 Å². The number of hydrogen-bond donors (Lipinski definition) is 0. The van der Waals surface area contributed by atoms with Crippen LogP contribution >= 0.6 is 0 Å². The first-order valence-corrected chi connectivity index (χ1v) is 10.8. The number of ether oxygens (including phenoxy) is 5. The number of hydrogen-bond acceptors (Lipinski definition) is 7. The number of morpholine rings is 1. The van der Waals surface area contributed by atoms with E-state index in [1.54, 1.807) is 21.3 Å². The average Bonchev–Trinajstić information content (AvgIpc) is 2.83. The lowest BCUT2D eigenvalue weighted by atomic mass is 10.0. The van der Waals surface area contributed by atoms with Gasteiger partial charge in [-0.2, -0.15) is 0 Å². The van der Waals surface area contributed by atoms with Crippen LogP contribution in [0.15, 0.2) is 36.4 Å². The van der Waals surface area contributed by atoms with Crippen molar-refractivity contribution in [2.75, 3.05) is 60.8 Å². The van der Waals surface area contributed by atoms with Crippen molar-refractivity contribution in [1.82, 2.24) is 9.88 Å². The standard InChI is InChI=1S/C25H30N2O5/c1-17-14-20(26-21-16-24(30-4)23(29-3)15-19(17)21)18-6-5-7-22(28-2)25(18)32-13-10-27-8-11-31-12-9-27/h5-7,14-16H,8-13H2,1-4H3. The minimum atomic E-state index is 0.560. The van der Waals surface area contributed by atoms with Gasteiger partial charge in [-0.15, -0.1) is 0 Å². The molecule has 7 heteroatoms. The Balaban J connectivity index is 1.69. The van der Waals surface area contributed by atoms with Gasteiger partial charge in [0.1, 0.15) is 6.61 Å². The Morgan fingerprint density at radius 3 is 2.38 bits per heavy atom. The molecule has 4 rings (SSSR count). The topological polar surface area (TPSA) is 62.3 Å². The molecule has 0 radical (unpaired) electrons. The molecule has 1 aromatic heterocycles. The van der Waals surface area contributed by atoms with Crippen molar-refractivity contribution in [2.24, 2.45) is 0 Å². The summed E-state index contributed by atoms with van der Waals surface area (Å²) in [7, 11) is 4.92. The molecule has 1 saturated heterocycles. The molecule has 0 amide bonds. The van der Waals surface area contributed by atoms with Crippen molar-refractivity contribution in [2.45, 2.75) is 6.92 Å². The molecule has 170 valence electrons. The predicted octanol–water partition coefficient (Wildman–Crippen LogP) is 3.95. The van der Waals surface area contributed by atoms with Crippen molar-refractivity contribution in [3.8, 4) is 34.3 Å². The van der Waals surface area contributed by atoms with E-state index in [1.807, 2.05) is 30.3 Å². The molecule has 3 aromatic rings. The number of benzene rings is 2. The first-order chi connectivity index (χ1) is 15.6. The molecule has 2 aromatic carbocycles. The third kappa shape index (κ3) is 4.59. The lowest BCUT2D eigenvalue weighted by molar-refractivity contribution is 0.0321. The zero-order valence-electron chi connectivity index (χ0n) is 19.1. The van der Waals surface area contributed by atoms with Crippen molar-refractivity contribution < 1.29 is 23.7 Å². The van der Waals surface area contributed by atoms with Crippen molar-refractivity contribution >= 4 is 10.9 Å². The molecule has 2 heterocycles. The van der Waals surface area contributed by atoms with Crippen molar-refractivity contribution in [3.05, 3.63) is 42.0 Å². The number of aromatic nitrogens is 1. The Morgan fingerprint density at radius 2 is 1.66 bits per heavy atom. The summed E-state index contributed by atoms with van der Waals surface area (Å²) in [5, 5.41) is 1.02. The lowest BCUT2D eigenvalue weighted by Gasteiger charge is -2.26. The van der Waals surface area contributed by atoms with E-state index in [1.165, 1.54) is 0 Å². The Bertz CT molecular complexity index is 1080. The molecule has 0 unspecified atom stereocenters. The summed E-state index contributed by atoms with van der Waals surface area (Å²) in [6.07, 6.45) is 0. The van der Waals surface area contributed by atoms with Crippen molar-refractivity contribution in [1.29, 1.82) is 0 Å². The van der Waals surface area contributed by atoms with E-state index in [9.17, 15) is 0 Å². The maximum absolute atomic E-state index is 6.26. The molecule has 0 aliphatic carbocycles. The number of aryl methyl sites for hydroxylation is 1. The molecule has 1 fully saturated rings. The minimum Gasteiger partial charge on any atom is -0.493 e. The molecule has 0 spiro atoms. The maximum atomic E-state index is 6.26. The normalized spacial score (nSPS) is 14.4. The zero-order chi connectivity index (χ0) is 22.5. The zero-order valence-corrected chi connectivity index (χ0v) is 19.1. The van der Waals surface area contributed by atoms with Gasteiger partial charge in [0.25, 0.3) is 0 Å². The molecule has 0 saturated carbocycles. The van der Waals surface area contributed by atoms with Crippen LogP contribution in [-0.2, 0) is 4.74 Å². The molecule has 0 atom stereocenters. The highest BCUT2D eigenvalue weighted by molar-refractivity contribution is 5.89.